The highest BCUT2D eigenvalue weighted by Gasteiger charge is 2.69. The maximum Gasteiger partial charge on any atom is 0.316 e. The van der Waals surface area contributed by atoms with E-state index in [-0.39, 0.29) is 5.41 Å². The molecule has 0 aromatic carbocycles. The van der Waals surface area contributed by atoms with E-state index in [0.29, 0.717) is 6.42 Å². The van der Waals surface area contributed by atoms with Crippen molar-refractivity contribution in [2.75, 3.05) is 0 Å². The zero-order chi connectivity index (χ0) is 10.6. The third-order valence-corrected chi connectivity index (χ3v) is 3.36. The molecule has 2 rings (SSSR count). The topological polar surface area (TPSA) is 55.1 Å². The summed E-state index contributed by atoms with van der Waals surface area (Å²) in [5.41, 5.74) is -0.0831. The minimum absolute atomic E-state index is 0.160. The molecule has 1 aliphatic carbocycles. The standard InChI is InChI=1S/C10H14N2O2/c1-9(2)5-10(9,8(13)14)7-4-11-6-12(7)3/h4,6H,5H2,1-3H3,(H,13,14). The Morgan fingerprint density at radius 3 is 2.50 bits per heavy atom. The first-order valence-corrected chi connectivity index (χ1v) is 4.62. The van der Waals surface area contributed by atoms with Gasteiger partial charge in [-0.05, 0) is 11.8 Å². The van der Waals surface area contributed by atoms with E-state index in [4.69, 9.17) is 0 Å². The second-order valence-electron chi connectivity index (χ2n) is 4.66. The van der Waals surface area contributed by atoms with Gasteiger partial charge in [0.15, 0.2) is 0 Å². The van der Waals surface area contributed by atoms with Gasteiger partial charge in [-0.3, -0.25) is 4.79 Å². The molecule has 1 fully saturated rings. The molecule has 1 saturated carbocycles. The van der Waals surface area contributed by atoms with Gasteiger partial charge in [0.25, 0.3) is 0 Å². The number of carboxylic acids is 1. The molecule has 14 heavy (non-hydrogen) atoms. The molecule has 0 saturated heterocycles. The van der Waals surface area contributed by atoms with Crippen LogP contribution in [0.25, 0.3) is 0 Å². The number of aryl methyl sites for hydroxylation is 1. The molecule has 0 spiro atoms. The van der Waals surface area contributed by atoms with Crippen molar-refractivity contribution in [2.24, 2.45) is 12.5 Å². The number of hydrogen-bond acceptors (Lipinski definition) is 2. The summed E-state index contributed by atoms with van der Waals surface area (Å²) in [4.78, 5) is 15.3. The van der Waals surface area contributed by atoms with Crippen LogP contribution in [0.4, 0.5) is 0 Å². The predicted octanol–water partition coefficient (Wildman–Crippen LogP) is 1.17. The zero-order valence-corrected chi connectivity index (χ0v) is 8.61. The normalized spacial score (nSPS) is 28.8. The fourth-order valence-corrected chi connectivity index (χ4v) is 2.30. The van der Waals surface area contributed by atoms with E-state index in [1.807, 2.05) is 20.9 Å². The van der Waals surface area contributed by atoms with Crippen molar-refractivity contribution in [1.29, 1.82) is 0 Å². The molecule has 1 N–H and O–H groups in total. The van der Waals surface area contributed by atoms with Crippen LogP contribution in [-0.2, 0) is 17.3 Å². The monoisotopic (exact) mass is 194 g/mol. The van der Waals surface area contributed by atoms with Crippen molar-refractivity contribution >= 4 is 5.97 Å². The first-order valence-electron chi connectivity index (χ1n) is 4.62. The summed E-state index contributed by atoms with van der Waals surface area (Å²) in [6.45, 7) is 3.96. The van der Waals surface area contributed by atoms with Crippen molar-refractivity contribution in [1.82, 2.24) is 9.55 Å². The minimum Gasteiger partial charge on any atom is -0.481 e. The Labute approximate surface area is 82.6 Å². The highest BCUT2D eigenvalue weighted by Crippen LogP contribution is 2.64. The quantitative estimate of drug-likeness (QED) is 0.769. The Morgan fingerprint density at radius 1 is 1.64 bits per heavy atom. The fourth-order valence-electron chi connectivity index (χ4n) is 2.30. The molecule has 1 atom stereocenters. The summed E-state index contributed by atoms with van der Waals surface area (Å²) < 4.78 is 1.79. The van der Waals surface area contributed by atoms with Crippen LogP contribution in [0.1, 0.15) is 26.0 Å². The molecular formula is C10H14N2O2. The second kappa shape index (κ2) is 2.38. The number of carboxylic acid groups (broad SMARTS) is 1. The number of rotatable bonds is 2. The smallest absolute Gasteiger partial charge is 0.316 e. The molecule has 1 unspecified atom stereocenters. The third kappa shape index (κ3) is 0.882. The predicted molar refractivity (Wildman–Crippen MR) is 50.9 cm³/mol. The second-order valence-corrected chi connectivity index (χ2v) is 4.66. The van der Waals surface area contributed by atoms with Crippen molar-refractivity contribution in [3.63, 3.8) is 0 Å². The van der Waals surface area contributed by atoms with Crippen molar-refractivity contribution in [3.8, 4) is 0 Å². The summed E-state index contributed by atoms with van der Waals surface area (Å²) in [7, 11) is 1.83. The van der Waals surface area contributed by atoms with E-state index >= 15 is 0 Å². The summed E-state index contributed by atoms with van der Waals surface area (Å²) in [5.74, 6) is -0.744. The Kier molecular flexibility index (Phi) is 1.57. The lowest BCUT2D eigenvalue weighted by molar-refractivity contribution is -0.141. The van der Waals surface area contributed by atoms with Crippen LogP contribution in [0.2, 0.25) is 0 Å². The molecule has 1 heterocycles. The zero-order valence-electron chi connectivity index (χ0n) is 8.61. The summed E-state index contributed by atoms with van der Waals surface area (Å²) >= 11 is 0. The van der Waals surface area contributed by atoms with Crippen molar-refractivity contribution in [3.05, 3.63) is 18.2 Å². The van der Waals surface area contributed by atoms with Gasteiger partial charge in [-0.25, -0.2) is 4.98 Å². The first-order chi connectivity index (χ1) is 6.42. The number of nitrogens with zero attached hydrogens (tertiary/aromatic N) is 2. The Balaban J connectivity index is 2.52. The average molecular weight is 194 g/mol. The Morgan fingerprint density at radius 2 is 2.21 bits per heavy atom. The van der Waals surface area contributed by atoms with Crippen LogP contribution in [0, 0.1) is 5.41 Å². The highest BCUT2D eigenvalue weighted by atomic mass is 16.4. The van der Waals surface area contributed by atoms with Gasteiger partial charge in [0.2, 0.25) is 0 Å². The van der Waals surface area contributed by atoms with Gasteiger partial charge >= 0.3 is 5.97 Å². The van der Waals surface area contributed by atoms with E-state index in [1.54, 1.807) is 17.1 Å². The van der Waals surface area contributed by atoms with E-state index in [9.17, 15) is 9.90 Å². The van der Waals surface area contributed by atoms with Crippen LogP contribution in [0.3, 0.4) is 0 Å². The van der Waals surface area contributed by atoms with Gasteiger partial charge in [-0.2, -0.15) is 0 Å². The van der Waals surface area contributed by atoms with E-state index in [2.05, 4.69) is 4.98 Å². The lowest BCUT2D eigenvalue weighted by Gasteiger charge is -2.15. The van der Waals surface area contributed by atoms with E-state index in [1.165, 1.54) is 0 Å². The lowest BCUT2D eigenvalue weighted by Crippen LogP contribution is -2.27. The molecule has 4 nitrogen and oxygen atoms in total. The van der Waals surface area contributed by atoms with Gasteiger partial charge in [0.1, 0.15) is 5.41 Å². The molecule has 76 valence electrons. The van der Waals surface area contributed by atoms with Gasteiger partial charge in [0, 0.05) is 13.2 Å². The molecule has 0 amide bonds. The van der Waals surface area contributed by atoms with Crippen molar-refractivity contribution < 1.29 is 9.90 Å². The lowest BCUT2D eigenvalue weighted by atomic mass is 9.93. The van der Waals surface area contributed by atoms with Crippen molar-refractivity contribution in [2.45, 2.75) is 25.7 Å². The van der Waals surface area contributed by atoms with Gasteiger partial charge < -0.3 is 9.67 Å². The molecule has 1 aromatic heterocycles. The number of hydrogen-bond donors (Lipinski definition) is 1. The third-order valence-electron chi connectivity index (χ3n) is 3.36. The van der Waals surface area contributed by atoms with E-state index < -0.39 is 11.4 Å². The maximum absolute atomic E-state index is 11.3. The van der Waals surface area contributed by atoms with Crippen LogP contribution in [0.5, 0.6) is 0 Å². The molecule has 0 aliphatic heterocycles. The first kappa shape index (κ1) is 9.24. The van der Waals surface area contributed by atoms with Gasteiger partial charge in [0.05, 0.1) is 12.0 Å². The molecule has 0 bridgehead atoms. The summed E-state index contributed by atoms with van der Waals surface area (Å²) in [5, 5.41) is 9.29. The number of imidazole rings is 1. The molecule has 0 radical (unpaired) electrons. The number of aromatic nitrogens is 2. The molecule has 4 heteroatoms. The van der Waals surface area contributed by atoms with Crippen LogP contribution in [0.15, 0.2) is 12.5 Å². The van der Waals surface area contributed by atoms with Gasteiger partial charge in [-0.15, -0.1) is 0 Å². The number of carbonyl (C=O) groups is 1. The Hall–Kier alpha value is -1.32. The molecule has 1 aromatic rings. The van der Waals surface area contributed by atoms with E-state index in [0.717, 1.165) is 5.69 Å². The largest absolute Gasteiger partial charge is 0.481 e. The average Bonchev–Trinajstić information content (AvgIpc) is 2.44. The number of aliphatic carboxylic acids is 1. The molecule has 1 aliphatic rings. The van der Waals surface area contributed by atoms with Crippen LogP contribution in [-0.4, -0.2) is 20.6 Å². The Bertz CT molecular complexity index is 395. The van der Waals surface area contributed by atoms with Crippen LogP contribution < -0.4 is 0 Å². The minimum atomic E-state index is -0.744. The SMILES string of the molecule is Cn1cncc1C1(C(=O)O)CC1(C)C. The molecular weight excluding hydrogens is 180 g/mol. The maximum atomic E-state index is 11.3. The fraction of sp³-hybridized carbons (Fsp3) is 0.600. The summed E-state index contributed by atoms with van der Waals surface area (Å²) in [6, 6.07) is 0. The highest BCUT2D eigenvalue weighted by molar-refractivity contribution is 5.86. The van der Waals surface area contributed by atoms with Gasteiger partial charge in [-0.1, -0.05) is 13.8 Å². The van der Waals surface area contributed by atoms with Crippen LogP contribution >= 0.6 is 0 Å². The summed E-state index contributed by atoms with van der Waals surface area (Å²) in [6.07, 6.45) is 3.99.